The first-order valence-corrected chi connectivity index (χ1v) is 7.17. The van der Waals surface area contributed by atoms with Crippen molar-refractivity contribution in [2.24, 2.45) is 7.05 Å². The van der Waals surface area contributed by atoms with Crippen molar-refractivity contribution in [2.75, 3.05) is 20.2 Å². The molecule has 0 amide bonds. The van der Waals surface area contributed by atoms with Crippen molar-refractivity contribution in [3.63, 3.8) is 0 Å². The summed E-state index contributed by atoms with van der Waals surface area (Å²) in [7, 11) is 3.40. The number of likely N-dealkylation sites (tertiary alicyclic amines) is 1. The van der Waals surface area contributed by atoms with Gasteiger partial charge in [0.2, 0.25) is 5.88 Å². The number of nitrogens with zero attached hydrogens (tertiary/aromatic N) is 3. The normalized spacial score (nSPS) is 17.3. The SMILES string of the molecule is COc1c(CN2CC(F)(c3ccccc3F)C2)c(C)nn1C. The lowest BCUT2D eigenvalue weighted by atomic mass is 9.87. The van der Waals surface area contributed by atoms with Crippen LogP contribution in [0.15, 0.2) is 24.3 Å². The number of aryl methyl sites for hydroxylation is 2. The quantitative estimate of drug-likeness (QED) is 0.869. The topological polar surface area (TPSA) is 30.3 Å². The average molecular weight is 307 g/mol. The fourth-order valence-electron chi connectivity index (χ4n) is 3.11. The van der Waals surface area contributed by atoms with Gasteiger partial charge in [0, 0.05) is 32.2 Å². The largest absolute Gasteiger partial charge is 0.481 e. The molecular weight excluding hydrogens is 288 g/mol. The van der Waals surface area contributed by atoms with E-state index >= 15 is 0 Å². The van der Waals surface area contributed by atoms with Crippen LogP contribution in [0.4, 0.5) is 8.78 Å². The summed E-state index contributed by atoms with van der Waals surface area (Å²) in [6, 6.07) is 6.05. The molecule has 2 aromatic rings. The van der Waals surface area contributed by atoms with E-state index < -0.39 is 11.5 Å². The molecule has 1 aromatic heterocycles. The highest BCUT2D eigenvalue weighted by molar-refractivity contribution is 5.33. The predicted octanol–water partition coefficient (Wildman–Crippen LogP) is 2.56. The fourth-order valence-corrected chi connectivity index (χ4v) is 3.11. The molecule has 1 aliphatic heterocycles. The van der Waals surface area contributed by atoms with Crippen molar-refractivity contribution >= 4 is 0 Å². The Morgan fingerprint density at radius 2 is 2.00 bits per heavy atom. The molecule has 0 unspecified atom stereocenters. The second-order valence-corrected chi connectivity index (χ2v) is 5.79. The number of hydrogen-bond donors (Lipinski definition) is 0. The van der Waals surface area contributed by atoms with Gasteiger partial charge in [0.1, 0.15) is 5.82 Å². The van der Waals surface area contributed by atoms with E-state index in [1.165, 1.54) is 12.1 Å². The first-order valence-electron chi connectivity index (χ1n) is 7.17. The Hall–Kier alpha value is -1.95. The van der Waals surface area contributed by atoms with Crippen molar-refractivity contribution in [3.8, 4) is 5.88 Å². The Morgan fingerprint density at radius 1 is 1.32 bits per heavy atom. The Bertz CT molecular complexity index is 693. The molecule has 1 aromatic carbocycles. The van der Waals surface area contributed by atoms with Gasteiger partial charge in [-0.1, -0.05) is 18.2 Å². The number of alkyl halides is 1. The molecule has 0 N–H and O–H groups in total. The summed E-state index contributed by atoms with van der Waals surface area (Å²) in [6.07, 6.45) is 0. The Balaban J connectivity index is 1.73. The summed E-state index contributed by atoms with van der Waals surface area (Å²) in [5, 5.41) is 4.31. The summed E-state index contributed by atoms with van der Waals surface area (Å²) < 4.78 is 35.6. The van der Waals surface area contributed by atoms with E-state index in [1.54, 1.807) is 23.9 Å². The van der Waals surface area contributed by atoms with E-state index in [-0.39, 0.29) is 18.7 Å². The van der Waals surface area contributed by atoms with Crippen LogP contribution in [0, 0.1) is 12.7 Å². The van der Waals surface area contributed by atoms with Crippen molar-refractivity contribution in [1.29, 1.82) is 0 Å². The summed E-state index contributed by atoms with van der Waals surface area (Å²) in [5.41, 5.74) is 0.331. The van der Waals surface area contributed by atoms with E-state index in [2.05, 4.69) is 5.10 Å². The van der Waals surface area contributed by atoms with Gasteiger partial charge < -0.3 is 4.74 Å². The molecule has 0 aliphatic carbocycles. The first kappa shape index (κ1) is 15.0. The third-order valence-corrected chi connectivity index (χ3v) is 4.17. The number of ether oxygens (including phenoxy) is 1. The zero-order valence-corrected chi connectivity index (χ0v) is 12.9. The van der Waals surface area contributed by atoms with E-state index in [4.69, 9.17) is 4.74 Å². The minimum absolute atomic E-state index is 0.140. The van der Waals surface area contributed by atoms with Crippen molar-refractivity contribution in [1.82, 2.24) is 14.7 Å². The monoisotopic (exact) mass is 307 g/mol. The van der Waals surface area contributed by atoms with Crippen molar-refractivity contribution in [2.45, 2.75) is 19.1 Å². The van der Waals surface area contributed by atoms with Gasteiger partial charge in [-0.2, -0.15) is 5.10 Å². The van der Waals surface area contributed by atoms with Gasteiger partial charge in [0.05, 0.1) is 18.4 Å². The number of hydrogen-bond acceptors (Lipinski definition) is 3. The average Bonchev–Trinajstić information content (AvgIpc) is 2.71. The lowest BCUT2D eigenvalue weighted by Gasteiger charge is -2.44. The summed E-state index contributed by atoms with van der Waals surface area (Å²) in [4.78, 5) is 1.93. The highest BCUT2D eigenvalue weighted by Crippen LogP contribution is 2.39. The van der Waals surface area contributed by atoms with Crippen LogP contribution in [0.25, 0.3) is 0 Å². The van der Waals surface area contributed by atoms with E-state index in [0.29, 0.717) is 12.4 Å². The number of benzene rings is 1. The molecule has 0 spiro atoms. The number of rotatable bonds is 4. The number of methoxy groups -OCH3 is 1. The standard InChI is InChI=1S/C16H19F2N3O/c1-11-12(15(22-3)20(2)19-11)8-21-9-16(18,10-21)13-6-4-5-7-14(13)17/h4-7H,8-10H2,1-3H3. The van der Waals surface area contributed by atoms with Crippen LogP contribution in [0.1, 0.15) is 16.8 Å². The molecule has 0 bridgehead atoms. The predicted molar refractivity (Wildman–Crippen MR) is 79.0 cm³/mol. The molecular formula is C16H19F2N3O. The van der Waals surface area contributed by atoms with Gasteiger partial charge in [0.15, 0.2) is 5.67 Å². The number of aromatic nitrogens is 2. The zero-order valence-electron chi connectivity index (χ0n) is 12.9. The van der Waals surface area contributed by atoms with Gasteiger partial charge in [-0.15, -0.1) is 0 Å². The van der Waals surface area contributed by atoms with Gasteiger partial charge in [-0.05, 0) is 13.0 Å². The third kappa shape index (κ3) is 2.37. The molecule has 1 fully saturated rings. The van der Waals surface area contributed by atoms with Gasteiger partial charge in [0.25, 0.3) is 0 Å². The van der Waals surface area contributed by atoms with Crippen molar-refractivity contribution < 1.29 is 13.5 Å². The summed E-state index contributed by atoms with van der Waals surface area (Å²) in [6.45, 7) is 2.79. The van der Waals surface area contributed by atoms with Crippen LogP contribution in [-0.2, 0) is 19.3 Å². The van der Waals surface area contributed by atoms with Crippen molar-refractivity contribution in [3.05, 3.63) is 46.9 Å². The third-order valence-electron chi connectivity index (χ3n) is 4.17. The van der Waals surface area contributed by atoms with Crippen LogP contribution in [0.5, 0.6) is 5.88 Å². The van der Waals surface area contributed by atoms with Crippen LogP contribution in [0.3, 0.4) is 0 Å². The molecule has 2 heterocycles. The molecule has 1 aliphatic rings. The Kier molecular flexibility index (Phi) is 3.64. The summed E-state index contributed by atoms with van der Waals surface area (Å²) >= 11 is 0. The molecule has 4 nitrogen and oxygen atoms in total. The molecule has 118 valence electrons. The molecule has 3 rings (SSSR count). The first-order chi connectivity index (χ1) is 10.4. The maximum atomic E-state index is 14.8. The second-order valence-electron chi connectivity index (χ2n) is 5.79. The smallest absolute Gasteiger partial charge is 0.216 e. The minimum Gasteiger partial charge on any atom is -0.481 e. The Morgan fingerprint density at radius 3 is 2.64 bits per heavy atom. The Labute approximate surface area is 128 Å². The van der Waals surface area contributed by atoms with Crippen LogP contribution in [0.2, 0.25) is 0 Å². The molecule has 0 saturated carbocycles. The maximum Gasteiger partial charge on any atom is 0.216 e. The van der Waals surface area contributed by atoms with Gasteiger partial charge in [-0.3, -0.25) is 4.90 Å². The van der Waals surface area contributed by atoms with E-state index in [9.17, 15) is 8.78 Å². The lowest BCUT2D eigenvalue weighted by molar-refractivity contribution is -0.0444. The summed E-state index contributed by atoms with van der Waals surface area (Å²) in [5.74, 6) is 0.194. The van der Waals surface area contributed by atoms with Crippen LogP contribution in [-0.4, -0.2) is 34.9 Å². The lowest BCUT2D eigenvalue weighted by Crippen LogP contribution is -2.56. The molecule has 6 heteroatoms. The highest BCUT2D eigenvalue weighted by Gasteiger charge is 2.46. The molecule has 1 saturated heterocycles. The van der Waals surface area contributed by atoms with E-state index in [1.807, 2.05) is 18.9 Å². The van der Waals surface area contributed by atoms with E-state index in [0.717, 1.165) is 11.3 Å². The number of halogens is 2. The molecule has 0 radical (unpaired) electrons. The van der Waals surface area contributed by atoms with Gasteiger partial charge >= 0.3 is 0 Å². The molecule has 22 heavy (non-hydrogen) atoms. The minimum atomic E-state index is -1.62. The second kappa shape index (κ2) is 5.35. The fraction of sp³-hybridized carbons (Fsp3) is 0.438. The van der Waals surface area contributed by atoms with Gasteiger partial charge in [-0.25, -0.2) is 13.5 Å². The molecule has 0 atom stereocenters. The van der Waals surface area contributed by atoms with Crippen LogP contribution >= 0.6 is 0 Å². The highest BCUT2D eigenvalue weighted by atomic mass is 19.1. The maximum absolute atomic E-state index is 14.8. The van der Waals surface area contributed by atoms with Crippen LogP contribution < -0.4 is 4.74 Å². The zero-order chi connectivity index (χ0) is 15.9.